The van der Waals surface area contributed by atoms with E-state index in [-0.39, 0.29) is 24.9 Å². The second kappa shape index (κ2) is 3.95. The lowest BCUT2D eigenvalue weighted by Gasteiger charge is -2.51. The summed E-state index contributed by atoms with van der Waals surface area (Å²) in [5.74, 6) is 0. The molecule has 1 aromatic carbocycles. The van der Waals surface area contributed by atoms with E-state index >= 15 is 0 Å². The molecule has 0 unspecified atom stereocenters. The van der Waals surface area contributed by atoms with Gasteiger partial charge in [0, 0.05) is 12.0 Å². The average Bonchev–Trinajstić information content (AvgIpc) is 2.24. The van der Waals surface area contributed by atoms with Crippen molar-refractivity contribution >= 4 is 0 Å². The summed E-state index contributed by atoms with van der Waals surface area (Å²) in [5, 5.41) is 0. The SMILES string of the molecule is CC1(F)CC(CN)(c2ccccc2C(F)(F)F)C1. The van der Waals surface area contributed by atoms with Crippen LogP contribution in [0.4, 0.5) is 17.6 Å². The van der Waals surface area contributed by atoms with Crippen LogP contribution in [0.3, 0.4) is 0 Å². The minimum absolute atomic E-state index is 0.0274. The van der Waals surface area contributed by atoms with E-state index in [2.05, 4.69) is 0 Å². The van der Waals surface area contributed by atoms with Gasteiger partial charge in [-0.3, -0.25) is 0 Å². The van der Waals surface area contributed by atoms with E-state index in [4.69, 9.17) is 5.73 Å². The van der Waals surface area contributed by atoms with E-state index in [0.29, 0.717) is 0 Å². The number of rotatable bonds is 2. The largest absolute Gasteiger partial charge is 0.416 e. The second-order valence-electron chi connectivity index (χ2n) is 5.29. The molecule has 100 valence electrons. The van der Waals surface area contributed by atoms with Crippen molar-refractivity contribution in [3.05, 3.63) is 35.4 Å². The Labute approximate surface area is 103 Å². The molecule has 1 fully saturated rings. The highest BCUT2D eigenvalue weighted by atomic mass is 19.4. The molecule has 2 rings (SSSR count). The molecule has 0 aromatic heterocycles. The van der Waals surface area contributed by atoms with Crippen molar-refractivity contribution in [2.45, 2.75) is 37.0 Å². The third-order valence-corrected chi connectivity index (χ3v) is 3.61. The predicted octanol–water partition coefficient (Wildman–Crippen LogP) is 3.42. The van der Waals surface area contributed by atoms with Gasteiger partial charge in [0.1, 0.15) is 5.67 Å². The molecule has 18 heavy (non-hydrogen) atoms. The number of alkyl halides is 4. The summed E-state index contributed by atoms with van der Waals surface area (Å²) in [6.07, 6.45) is -4.34. The molecule has 0 heterocycles. The Morgan fingerprint density at radius 2 is 1.78 bits per heavy atom. The van der Waals surface area contributed by atoms with Crippen LogP contribution in [0.15, 0.2) is 24.3 Å². The Bertz CT molecular complexity index is 443. The first-order chi connectivity index (χ1) is 8.20. The van der Waals surface area contributed by atoms with Crippen molar-refractivity contribution in [1.29, 1.82) is 0 Å². The van der Waals surface area contributed by atoms with Gasteiger partial charge in [0.2, 0.25) is 0 Å². The van der Waals surface area contributed by atoms with Crippen LogP contribution in [0.5, 0.6) is 0 Å². The fourth-order valence-electron chi connectivity index (χ4n) is 3.00. The maximum Gasteiger partial charge on any atom is 0.416 e. The van der Waals surface area contributed by atoms with Crippen LogP contribution in [-0.2, 0) is 11.6 Å². The molecule has 1 saturated carbocycles. The molecule has 1 nitrogen and oxygen atoms in total. The lowest BCUT2D eigenvalue weighted by atomic mass is 9.57. The van der Waals surface area contributed by atoms with Crippen molar-refractivity contribution in [3.8, 4) is 0 Å². The number of hydrogen-bond acceptors (Lipinski definition) is 1. The standard InChI is InChI=1S/C13H15F4N/c1-11(14)6-12(7-11,8-18)9-4-2-3-5-10(9)13(15,16)17/h2-5H,6-8,18H2,1H3. The highest BCUT2D eigenvalue weighted by Crippen LogP contribution is 2.54. The van der Waals surface area contributed by atoms with Crippen molar-refractivity contribution in [1.82, 2.24) is 0 Å². The molecule has 1 aromatic rings. The van der Waals surface area contributed by atoms with Gasteiger partial charge in [0.05, 0.1) is 5.56 Å². The van der Waals surface area contributed by atoms with Crippen LogP contribution in [-0.4, -0.2) is 12.2 Å². The van der Waals surface area contributed by atoms with Gasteiger partial charge in [-0.2, -0.15) is 13.2 Å². The topological polar surface area (TPSA) is 26.0 Å². The van der Waals surface area contributed by atoms with E-state index < -0.39 is 22.8 Å². The van der Waals surface area contributed by atoms with Gasteiger partial charge >= 0.3 is 6.18 Å². The summed E-state index contributed by atoms with van der Waals surface area (Å²) < 4.78 is 52.5. The molecule has 0 aliphatic heterocycles. The molecule has 0 amide bonds. The highest BCUT2D eigenvalue weighted by Gasteiger charge is 2.55. The third kappa shape index (κ3) is 2.11. The first kappa shape index (κ1) is 13.3. The summed E-state index contributed by atoms with van der Waals surface area (Å²) in [6, 6.07) is 5.31. The maximum absolute atomic E-state index is 13.7. The second-order valence-corrected chi connectivity index (χ2v) is 5.29. The molecule has 0 atom stereocenters. The molecule has 2 N–H and O–H groups in total. The zero-order valence-corrected chi connectivity index (χ0v) is 10.0. The molecule has 1 aliphatic carbocycles. The van der Waals surface area contributed by atoms with Gasteiger partial charge in [-0.1, -0.05) is 18.2 Å². The zero-order valence-electron chi connectivity index (χ0n) is 10.0. The lowest BCUT2D eigenvalue weighted by molar-refractivity contribution is -0.140. The van der Waals surface area contributed by atoms with Gasteiger partial charge in [-0.15, -0.1) is 0 Å². The summed E-state index contributed by atoms with van der Waals surface area (Å²) in [5.41, 5.74) is 2.72. The van der Waals surface area contributed by atoms with E-state index in [0.717, 1.165) is 6.07 Å². The first-order valence-electron chi connectivity index (χ1n) is 5.76. The number of hydrogen-bond donors (Lipinski definition) is 1. The number of benzene rings is 1. The van der Waals surface area contributed by atoms with Crippen LogP contribution in [0, 0.1) is 0 Å². The van der Waals surface area contributed by atoms with Gasteiger partial charge in [0.15, 0.2) is 0 Å². The minimum Gasteiger partial charge on any atom is -0.330 e. The normalized spacial score (nSPS) is 32.1. The number of nitrogens with two attached hydrogens (primary N) is 1. The van der Waals surface area contributed by atoms with Gasteiger partial charge < -0.3 is 5.73 Å². The molecule has 0 saturated heterocycles. The number of halogens is 4. The molecular weight excluding hydrogens is 246 g/mol. The van der Waals surface area contributed by atoms with Gasteiger partial charge in [-0.25, -0.2) is 4.39 Å². The van der Waals surface area contributed by atoms with Crippen molar-refractivity contribution in [2.24, 2.45) is 5.73 Å². The highest BCUT2D eigenvalue weighted by molar-refractivity contribution is 5.40. The summed E-state index contributed by atoms with van der Waals surface area (Å²) in [4.78, 5) is 0. The lowest BCUT2D eigenvalue weighted by Crippen LogP contribution is -2.55. The monoisotopic (exact) mass is 261 g/mol. The minimum atomic E-state index is -4.43. The molecule has 5 heteroatoms. The van der Waals surface area contributed by atoms with Crippen LogP contribution in [0.1, 0.15) is 30.9 Å². The van der Waals surface area contributed by atoms with Crippen LogP contribution < -0.4 is 5.73 Å². The molecule has 0 spiro atoms. The fourth-order valence-corrected chi connectivity index (χ4v) is 3.00. The Morgan fingerprint density at radius 3 is 2.22 bits per heavy atom. The average molecular weight is 261 g/mol. The van der Waals surface area contributed by atoms with Crippen molar-refractivity contribution in [3.63, 3.8) is 0 Å². The third-order valence-electron chi connectivity index (χ3n) is 3.61. The summed E-state index contributed by atoms with van der Waals surface area (Å²) in [7, 11) is 0. The predicted molar refractivity (Wildman–Crippen MR) is 60.9 cm³/mol. The van der Waals surface area contributed by atoms with Crippen molar-refractivity contribution < 1.29 is 17.6 Å². The first-order valence-corrected chi connectivity index (χ1v) is 5.76. The molecular formula is C13H15F4N. The van der Waals surface area contributed by atoms with Crippen LogP contribution in [0.25, 0.3) is 0 Å². The Morgan fingerprint density at radius 1 is 1.22 bits per heavy atom. The van der Waals surface area contributed by atoms with E-state index in [1.165, 1.54) is 25.1 Å². The maximum atomic E-state index is 13.7. The van der Waals surface area contributed by atoms with E-state index in [9.17, 15) is 17.6 Å². The molecule has 1 aliphatic rings. The Balaban J connectivity index is 2.45. The quantitative estimate of drug-likeness (QED) is 0.811. The molecule has 0 radical (unpaired) electrons. The van der Waals surface area contributed by atoms with Gasteiger partial charge in [0.25, 0.3) is 0 Å². The van der Waals surface area contributed by atoms with Crippen LogP contribution >= 0.6 is 0 Å². The summed E-state index contributed by atoms with van der Waals surface area (Å²) in [6.45, 7) is 1.43. The fraction of sp³-hybridized carbons (Fsp3) is 0.538. The molecule has 0 bridgehead atoms. The zero-order chi connectivity index (χ0) is 13.6. The van der Waals surface area contributed by atoms with Crippen molar-refractivity contribution in [2.75, 3.05) is 6.54 Å². The summed E-state index contributed by atoms with van der Waals surface area (Å²) >= 11 is 0. The van der Waals surface area contributed by atoms with Gasteiger partial charge in [-0.05, 0) is 31.4 Å². The Hall–Kier alpha value is -1.10. The smallest absolute Gasteiger partial charge is 0.330 e. The van der Waals surface area contributed by atoms with Crippen LogP contribution in [0.2, 0.25) is 0 Å². The Kier molecular flexibility index (Phi) is 2.93. The van der Waals surface area contributed by atoms with E-state index in [1.54, 1.807) is 0 Å². The van der Waals surface area contributed by atoms with E-state index in [1.807, 2.05) is 0 Å².